The second kappa shape index (κ2) is 6.53. The summed E-state index contributed by atoms with van der Waals surface area (Å²) in [6.07, 6.45) is 0.268. The third-order valence-corrected chi connectivity index (χ3v) is 5.26. The van der Waals surface area contributed by atoms with Crippen LogP contribution in [0.1, 0.15) is 58.1 Å². The molecule has 0 aliphatic carbocycles. The molecule has 0 spiro atoms. The predicted octanol–water partition coefficient (Wildman–Crippen LogP) is 3.58. The van der Waals surface area contributed by atoms with Crippen LogP contribution in [0.2, 0.25) is 0 Å². The van der Waals surface area contributed by atoms with Crippen LogP contribution < -0.4 is 5.14 Å². The van der Waals surface area contributed by atoms with E-state index in [9.17, 15) is 22.5 Å². The van der Waals surface area contributed by atoms with Crippen molar-refractivity contribution >= 4 is 11.0 Å². The minimum atomic E-state index is -3.74. The van der Waals surface area contributed by atoms with Crippen LogP contribution in [-0.4, -0.2) is 19.7 Å². The van der Waals surface area contributed by atoms with Crippen LogP contribution >= 0.6 is 0 Å². The van der Waals surface area contributed by atoms with Gasteiger partial charge in [-0.3, -0.25) is 5.14 Å². The van der Waals surface area contributed by atoms with Crippen molar-refractivity contribution in [1.29, 1.82) is 0 Å². The summed E-state index contributed by atoms with van der Waals surface area (Å²) in [7, 11) is -1.62. The van der Waals surface area contributed by atoms with Crippen molar-refractivity contribution < 1.29 is 22.5 Å². The summed E-state index contributed by atoms with van der Waals surface area (Å²) in [5, 5.41) is 15.1. The van der Waals surface area contributed by atoms with E-state index in [-0.39, 0.29) is 12.0 Å². The van der Waals surface area contributed by atoms with Crippen molar-refractivity contribution in [2.24, 2.45) is 5.14 Å². The summed E-state index contributed by atoms with van der Waals surface area (Å²) < 4.78 is 53.9. The minimum Gasteiger partial charge on any atom is -0.384 e. The molecule has 1 rings (SSSR count). The molecule has 0 saturated carbocycles. The quantitative estimate of drug-likeness (QED) is 0.823. The van der Waals surface area contributed by atoms with Crippen LogP contribution in [0.3, 0.4) is 0 Å². The Labute approximate surface area is 137 Å². The van der Waals surface area contributed by atoms with Gasteiger partial charge in [0, 0.05) is 0 Å². The molecule has 0 aliphatic heterocycles. The number of hydrogen-bond acceptors (Lipinski definition) is 2. The van der Waals surface area contributed by atoms with E-state index in [0.717, 1.165) is 19.9 Å². The SMILES string of the molecule is C[C@H](CC(C)(C)S(N)=O)c1cccc(C(F)(F)C(C)(C)O)c1F. The van der Waals surface area contributed by atoms with E-state index in [1.165, 1.54) is 12.1 Å². The first kappa shape index (κ1) is 20.1. The van der Waals surface area contributed by atoms with Gasteiger partial charge in [0.25, 0.3) is 0 Å². The summed E-state index contributed by atoms with van der Waals surface area (Å²) in [6, 6.07) is 3.71. The Morgan fingerprint density at radius 3 is 2.22 bits per heavy atom. The number of nitrogens with two attached hydrogens (primary N) is 1. The highest BCUT2D eigenvalue weighted by Crippen LogP contribution is 2.42. The molecule has 0 fully saturated rings. The molecule has 0 aliphatic rings. The molecule has 1 aromatic carbocycles. The van der Waals surface area contributed by atoms with Gasteiger partial charge < -0.3 is 5.11 Å². The second-order valence-corrected chi connectivity index (χ2v) is 8.70. The number of aliphatic hydroxyl groups is 1. The molecule has 7 heteroatoms. The van der Waals surface area contributed by atoms with Crippen molar-refractivity contribution in [3.63, 3.8) is 0 Å². The Hall–Kier alpha value is -0.920. The van der Waals surface area contributed by atoms with Gasteiger partial charge in [-0.05, 0) is 51.7 Å². The maximum Gasteiger partial charge on any atom is 0.303 e. The first-order chi connectivity index (χ1) is 10.2. The van der Waals surface area contributed by atoms with E-state index < -0.39 is 44.6 Å². The van der Waals surface area contributed by atoms with E-state index in [4.69, 9.17) is 5.14 Å². The van der Waals surface area contributed by atoms with Crippen molar-refractivity contribution in [2.45, 2.75) is 63.2 Å². The lowest BCUT2D eigenvalue weighted by Gasteiger charge is -2.31. The van der Waals surface area contributed by atoms with Crippen molar-refractivity contribution in [1.82, 2.24) is 0 Å². The largest absolute Gasteiger partial charge is 0.384 e. The Bertz CT molecular complexity index is 597. The van der Waals surface area contributed by atoms with E-state index in [0.29, 0.717) is 0 Å². The monoisotopic (exact) mass is 351 g/mol. The highest BCUT2D eigenvalue weighted by atomic mass is 32.2. The van der Waals surface area contributed by atoms with Crippen molar-refractivity contribution in [3.05, 3.63) is 35.1 Å². The van der Waals surface area contributed by atoms with Crippen LogP contribution in [0.5, 0.6) is 0 Å². The van der Waals surface area contributed by atoms with Gasteiger partial charge >= 0.3 is 5.92 Å². The van der Waals surface area contributed by atoms with Gasteiger partial charge in [-0.1, -0.05) is 19.1 Å². The summed E-state index contributed by atoms with van der Waals surface area (Å²) in [5.74, 6) is -5.25. The van der Waals surface area contributed by atoms with Gasteiger partial charge in [0.05, 0.1) is 21.3 Å². The van der Waals surface area contributed by atoms with Gasteiger partial charge in [0.15, 0.2) is 0 Å². The molecule has 23 heavy (non-hydrogen) atoms. The molecule has 0 amide bonds. The van der Waals surface area contributed by atoms with E-state index >= 15 is 0 Å². The third-order valence-electron chi connectivity index (χ3n) is 4.01. The molecule has 0 aromatic heterocycles. The summed E-state index contributed by atoms with van der Waals surface area (Å²) in [6.45, 7) is 6.88. The van der Waals surface area contributed by atoms with E-state index in [1.807, 2.05) is 0 Å². The Morgan fingerprint density at radius 2 is 1.78 bits per heavy atom. The molecule has 0 heterocycles. The smallest absolute Gasteiger partial charge is 0.303 e. The zero-order valence-corrected chi connectivity index (χ0v) is 14.8. The van der Waals surface area contributed by atoms with Crippen LogP contribution in [0.25, 0.3) is 0 Å². The molecule has 2 atom stereocenters. The third kappa shape index (κ3) is 4.14. The minimum absolute atomic E-state index is 0.0879. The number of benzene rings is 1. The lowest BCUT2D eigenvalue weighted by Crippen LogP contribution is -2.41. The number of halogens is 3. The van der Waals surface area contributed by atoms with Crippen molar-refractivity contribution in [3.8, 4) is 0 Å². The molecule has 3 N–H and O–H groups in total. The van der Waals surface area contributed by atoms with Crippen LogP contribution in [0.15, 0.2) is 18.2 Å². The fraction of sp³-hybridized carbons (Fsp3) is 0.625. The normalized spacial score (nSPS) is 16.3. The maximum absolute atomic E-state index is 14.6. The van der Waals surface area contributed by atoms with Crippen LogP contribution in [-0.2, 0) is 16.9 Å². The maximum atomic E-state index is 14.6. The first-order valence-electron chi connectivity index (χ1n) is 7.27. The molecule has 0 saturated heterocycles. The Balaban J connectivity index is 3.27. The summed E-state index contributed by atoms with van der Waals surface area (Å²) in [5.41, 5.74) is -3.15. The zero-order chi connectivity index (χ0) is 18.2. The average molecular weight is 351 g/mol. The lowest BCUT2D eigenvalue weighted by molar-refractivity contribution is -0.170. The topological polar surface area (TPSA) is 63.3 Å². The number of hydrogen-bond donors (Lipinski definition) is 2. The molecule has 3 nitrogen and oxygen atoms in total. The average Bonchev–Trinajstić information content (AvgIpc) is 2.36. The fourth-order valence-corrected chi connectivity index (χ4v) is 2.85. The molecular weight excluding hydrogens is 327 g/mol. The van der Waals surface area contributed by atoms with Crippen LogP contribution in [0, 0.1) is 5.82 Å². The van der Waals surface area contributed by atoms with Gasteiger partial charge in [-0.2, -0.15) is 8.78 Å². The number of rotatable bonds is 6. The molecule has 1 unspecified atom stereocenters. The molecule has 0 bridgehead atoms. The summed E-state index contributed by atoms with van der Waals surface area (Å²) >= 11 is 0. The van der Waals surface area contributed by atoms with Crippen molar-refractivity contribution in [2.75, 3.05) is 0 Å². The highest BCUT2D eigenvalue weighted by Gasteiger charge is 2.49. The highest BCUT2D eigenvalue weighted by molar-refractivity contribution is 7.84. The van der Waals surface area contributed by atoms with Gasteiger partial charge in [-0.15, -0.1) is 0 Å². The molecule has 132 valence electrons. The lowest BCUT2D eigenvalue weighted by atomic mass is 9.86. The van der Waals surface area contributed by atoms with Gasteiger partial charge in [-0.25, -0.2) is 8.60 Å². The first-order valence-corrected chi connectivity index (χ1v) is 8.48. The standard InChI is InChI=1S/C16H24F3NO2S/c1-10(9-14(2,3)23(20)22)11-7-6-8-12(13(11)17)16(18,19)15(4,5)21/h6-8,10,21H,9,20H2,1-5H3/t10-,23?/m1/s1. The van der Waals surface area contributed by atoms with Crippen LogP contribution in [0.4, 0.5) is 13.2 Å². The fourth-order valence-electron chi connectivity index (χ4n) is 2.43. The van der Waals surface area contributed by atoms with Gasteiger partial charge in [0.2, 0.25) is 0 Å². The Morgan fingerprint density at radius 1 is 1.26 bits per heavy atom. The van der Waals surface area contributed by atoms with Gasteiger partial charge in [0.1, 0.15) is 11.4 Å². The zero-order valence-electron chi connectivity index (χ0n) is 14.0. The number of alkyl halides is 2. The molecular formula is C16H24F3NO2S. The molecule has 0 radical (unpaired) electrons. The Kier molecular flexibility index (Phi) is 5.71. The predicted molar refractivity (Wildman–Crippen MR) is 86.0 cm³/mol. The summed E-state index contributed by atoms with van der Waals surface area (Å²) in [4.78, 5) is 0. The van der Waals surface area contributed by atoms with E-state index in [2.05, 4.69) is 0 Å². The second-order valence-electron chi connectivity index (χ2n) is 7.00. The molecule has 1 aromatic rings. The van der Waals surface area contributed by atoms with E-state index in [1.54, 1.807) is 20.8 Å².